The highest BCUT2D eigenvalue weighted by Gasteiger charge is 2.35. The molecule has 0 spiro atoms. The summed E-state index contributed by atoms with van der Waals surface area (Å²) >= 11 is 0. The summed E-state index contributed by atoms with van der Waals surface area (Å²) in [6, 6.07) is 6.13. The van der Waals surface area contributed by atoms with Gasteiger partial charge < -0.3 is 13.9 Å². The predicted octanol–water partition coefficient (Wildman–Crippen LogP) is 3.12. The average molecular weight is 354 g/mol. The van der Waals surface area contributed by atoms with E-state index < -0.39 is 0 Å². The van der Waals surface area contributed by atoms with Crippen molar-refractivity contribution in [2.75, 3.05) is 6.54 Å². The molecule has 1 aliphatic rings. The second-order valence-electron chi connectivity index (χ2n) is 6.49. The molecule has 0 saturated carbocycles. The number of hydrogen-bond donors (Lipinski definition) is 0. The molecule has 0 radical (unpaired) electrons. The van der Waals surface area contributed by atoms with Gasteiger partial charge >= 0.3 is 0 Å². The fourth-order valence-corrected chi connectivity index (χ4v) is 3.33. The summed E-state index contributed by atoms with van der Waals surface area (Å²) in [4.78, 5) is 23.1. The van der Waals surface area contributed by atoms with E-state index in [-0.39, 0.29) is 17.8 Å². The Hall–Kier alpha value is -2.96. The number of carbonyl (C=O) groups excluding carboxylic acids is 1. The third-order valence-electron chi connectivity index (χ3n) is 4.67. The lowest BCUT2D eigenvalue weighted by molar-refractivity contribution is 0.0698. The zero-order valence-corrected chi connectivity index (χ0v) is 14.4. The van der Waals surface area contributed by atoms with Gasteiger partial charge in [0.1, 0.15) is 17.6 Å². The molecule has 1 atom stereocenters. The van der Waals surface area contributed by atoms with Crippen LogP contribution in [0.15, 0.2) is 47.3 Å². The molecule has 26 heavy (non-hydrogen) atoms. The number of hydrogen-bond acceptors (Lipinski definition) is 4. The SMILES string of the molecule is Cn1ccnc1C(=O)N1CCC[C@H]1c1ncc(Cc2ccc(F)cc2)o1. The summed E-state index contributed by atoms with van der Waals surface area (Å²) in [5.74, 6) is 1.28. The Morgan fingerprint density at radius 3 is 2.85 bits per heavy atom. The van der Waals surface area contributed by atoms with Gasteiger partial charge in [-0.3, -0.25) is 4.79 Å². The van der Waals surface area contributed by atoms with Crippen LogP contribution in [0.25, 0.3) is 0 Å². The first-order chi connectivity index (χ1) is 12.6. The Labute approximate surface area is 150 Å². The number of likely N-dealkylation sites (tertiary alicyclic amines) is 1. The highest BCUT2D eigenvalue weighted by atomic mass is 19.1. The smallest absolute Gasteiger partial charge is 0.290 e. The summed E-state index contributed by atoms with van der Waals surface area (Å²) in [6.07, 6.45) is 7.30. The van der Waals surface area contributed by atoms with E-state index in [0.717, 1.165) is 18.4 Å². The second-order valence-corrected chi connectivity index (χ2v) is 6.49. The Morgan fingerprint density at radius 2 is 2.12 bits per heavy atom. The molecule has 0 aliphatic carbocycles. The standard InChI is InChI=1S/C19H19FN4O2/c1-23-10-8-21-17(23)19(25)24-9-2-3-16(24)18-22-12-15(26-18)11-13-4-6-14(20)7-5-13/h4-8,10,12,16H,2-3,9,11H2,1H3/t16-/m0/s1. The molecule has 0 bridgehead atoms. The van der Waals surface area contributed by atoms with Crippen LogP contribution in [0.3, 0.4) is 0 Å². The average Bonchev–Trinajstić information content (AvgIpc) is 3.36. The van der Waals surface area contributed by atoms with Crippen LogP contribution in [-0.4, -0.2) is 31.9 Å². The molecule has 1 fully saturated rings. The number of amides is 1. The van der Waals surface area contributed by atoms with E-state index in [1.807, 2.05) is 0 Å². The number of carbonyl (C=O) groups is 1. The lowest BCUT2D eigenvalue weighted by Crippen LogP contribution is -2.32. The molecule has 1 aromatic carbocycles. The van der Waals surface area contributed by atoms with Gasteiger partial charge in [0.15, 0.2) is 5.82 Å². The van der Waals surface area contributed by atoms with Crippen molar-refractivity contribution in [2.45, 2.75) is 25.3 Å². The first kappa shape index (κ1) is 16.5. The van der Waals surface area contributed by atoms with Crippen LogP contribution in [0.5, 0.6) is 0 Å². The molecule has 6 nitrogen and oxygen atoms in total. The number of halogens is 1. The van der Waals surface area contributed by atoms with Crippen LogP contribution in [0, 0.1) is 5.82 Å². The monoisotopic (exact) mass is 354 g/mol. The maximum atomic E-state index is 13.0. The van der Waals surface area contributed by atoms with Gasteiger partial charge in [-0.1, -0.05) is 12.1 Å². The Kier molecular flexibility index (Phi) is 4.28. The van der Waals surface area contributed by atoms with Gasteiger partial charge in [0.2, 0.25) is 5.89 Å². The van der Waals surface area contributed by atoms with Crippen LogP contribution >= 0.6 is 0 Å². The number of oxazole rings is 1. The largest absolute Gasteiger partial charge is 0.443 e. The summed E-state index contributed by atoms with van der Waals surface area (Å²) < 4.78 is 20.6. The molecule has 3 heterocycles. The van der Waals surface area contributed by atoms with Crippen LogP contribution in [-0.2, 0) is 13.5 Å². The van der Waals surface area contributed by atoms with Gasteiger partial charge in [-0.05, 0) is 30.5 Å². The maximum absolute atomic E-state index is 13.0. The molecule has 0 unspecified atom stereocenters. The maximum Gasteiger partial charge on any atom is 0.290 e. The fraction of sp³-hybridized carbons (Fsp3) is 0.316. The minimum Gasteiger partial charge on any atom is -0.443 e. The highest BCUT2D eigenvalue weighted by Crippen LogP contribution is 2.32. The third-order valence-corrected chi connectivity index (χ3v) is 4.67. The summed E-state index contributed by atoms with van der Waals surface area (Å²) in [5, 5.41) is 0. The van der Waals surface area contributed by atoms with Crippen molar-refractivity contribution in [1.82, 2.24) is 19.4 Å². The molecule has 1 saturated heterocycles. The molecule has 4 rings (SSSR count). The van der Waals surface area contributed by atoms with Crippen molar-refractivity contribution in [2.24, 2.45) is 7.05 Å². The van der Waals surface area contributed by atoms with Crippen LogP contribution in [0.4, 0.5) is 4.39 Å². The minimum absolute atomic E-state index is 0.113. The van der Waals surface area contributed by atoms with Gasteiger partial charge in [-0.15, -0.1) is 0 Å². The number of benzene rings is 1. The topological polar surface area (TPSA) is 64.2 Å². The minimum atomic E-state index is -0.263. The van der Waals surface area contributed by atoms with E-state index in [2.05, 4.69) is 9.97 Å². The van der Waals surface area contributed by atoms with Gasteiger partial charge in [0, 0.05) is 32.4 Å². The van der Waals surface area contributed by atoms with Gasteiger partial charge in [0.25, 0.3) is 5.91 Å². The number of imidazole rings is 1. The van der Waals surface area contributed by atoms with Gasteiger partial charge in [-0.2, -0.15) is 0 Å². The van der Waals surface area contributed by atoms with Gasteiger partial charge in [-0.25, -0.2) is 14.4 Å². The highest BCUT2D eigenvalue weighted by molar-refractivity contribution is 5.91. The Bertz CT molecular complexity index is 916. The van der Waals surface area contributed by atoms with Crippen LogP contribution in [0.2, 0.25) is 0 Å². The van der Waals surface area contributed by atoms with Crippen molar-refractivity contribution in [3.63, 3.8) is 0 Å². The Morgan fingerprint density at radius 1 is 1.31 bits per heavy atom. The van der Waals surface area contributed by atoms with E-state index in [1.54, 1.807) is 47.2 Å². The zero-order valence-electron chi connectivity index (χ0n) is 14.4. The van der Waals surface area contributed by atoms with E-state index in [1.165, 1.54) is 12.1 Å². The normalized spacial score (nSPS) is 17.0. The molecule has 134 valence electrons. The first-order valence-electron chi connectivity index (χ1n) is 8.59. The number of rotatable bonds is 4. The van der Waals surface area contributed by atoms with E-state index in [0.29, 0.717) is 30.4 Å². The molecule has 7 heteroatoms. The predicted molar refractivity (Wildman–Crippen MR) is 91.9 cm³/mol. The molecular formula is C19H19FN4O2. The third kappa shape index (κ3) is 3.12. The van der Waals surface area contributed by atoms with E-state index in [4.69, 9.17) is 4.42 Å². The van der Waals surface area contributed by atoms with Gasteiger partial charge in [0.05, 0.1) is 6.20 Å². The lowest BCUT2D eigenvalue weighted by Gasteiger charge is -2.21. The van der Waals surface area contributed by atoms with Crippen molar-refractivity contribution < 1.29 is 13.6 Å². The molecule has 3 aromatic rings. The van der Waals surface area contributed by atoms with E-state index in [9.17, 15) is 9.18 Å². The van der Waals surface area contributed by atoms with Crippen molar-refractivity contribution in [3.05, 3.63) is 71.7 Å². The fourth-order valence-electron chi connectivity index (χ4n) is 3.33. The van der Waals surface area contributed by atoms with Crippen molar-refractivity contribution in [1.29, 1.82) is 0 Å². The molecular weight excluding hydrogens is 335 g/mol. The van der Waals surface area contributed by atoms with Crippen molar-refractivity contribution >= 4 is 5.91 Å². The van der Waals surface area contributed by atoms with Crippen LogP contribution < -0.4 is 0 Å². The molecule has 1 amide bonds. The Balaban J connectivity index is 1.52. The zero-order chi connectivity index (χ0) is 18.1. The summed E-state index contributed by atoms with van der Waals surface area (Å²) in [6.45, 7) is 0.659. The number of nitrogens with zero attached hydrogens (tertiary/aromatic N) is 4. The molecule has 1 aliphatic heterocycles. The molecule has 0 N–H and O–H groups in total. The van der Waals surface area contributed by atoms with Crippen LogP contribution in [0.1, 0.15) is 46.7 Å². The summed E-state index contributed by atoms with van der Waals surface area (Å²) in [5.41, 5.74) is 0.946. The quantitative estimate of drug-likeness (QED) is 0.722. The molecule has 2 aromatic heterocycles. The number of aromatic nitrogens is 3. The van der Waals surface area contributed by atoms with Crippen molar-refractivity contribution in [3.8, 4) is 0 Å². The summed E-state index contributed by atoms with van der Waals surface area (Å²) in [7, 11) is 1.80. The first-order valence-corrected chi connectivity index (χ1v) is 8.59. The number of aryl methyl sites for hydroxylation is 1. The second kappa shape index (κ2) is 6.74. The van der Waals surface area contributed by atoms with E-state index >= 15 is 0 Å². The lowest BCUT2D eigenvalue weighted by atomic mass is 10.1.